The molecule has 0 bridgehead atoms. The van der Waals surface area contributed by atoms with E-state index in [2.05, 4.69) is 5.32 Å². The number of ether oxygens (including phenoxy) is 1. The first-order valence-corrected chi connectivity index (χ1v) is 6.72. The first-order chi connectivity index (χ1) is 10.2. The van der Waals surface area contributed by atoms with Crippen molar-refractivity contribution in [2.75, 3.05) is 6.54 Å². The molecule has 0 aliphatic heterocycles. The maximum absolute atomic E-state index is 12.1. The molecule has 4 heteroatoms. The second-order valence-corrected chi connectivity index (χ2v) is 4.61. The Morgan fingerprint density at radius 3 is 2.14 bits per heavy atom. The van der Waals surface area contributed by atoms with Crippen molar-refractivity contribution in [2.45, 2.75) is 13.0 Å². The van der Waals surface area contributed by atoms with Gasteiger partial charge in [0.25, 0.3) is 0 Å². The molecule has 0 saturated carbocycles. The molecule has 0 spiro atoms. The van der Waals surface area contributed by atoms with Gasteiger partial charge in [-0.2, -0.15) is 0 Å². The van der Waals surface area contributed by atoms with Crippen molar-refractivity contribution in [1.82, 2.24) is 5.32 Å². The van der Waals surface area contributed by atoms with Crippen molar-refractivity contribution in [3.63, 3.8) is 0 Å². The van der Waals surface area contributed by atoms with Crippen LogP contribution in [0.2, 0.25) is 0 Å². The first-order valence-electron chi connectivity index (χ1n) is 6.72. The zero-order valence-electron chi connectivity index (χ0n) is 11.8. The van der Waals surface area contributed by atoms with Crippen LogP contribution in [0.5, 0.6) is 0 Å². The highest BCUT2D eigenvalue weighted by Crippen LogP contribution is 2.18. The molecule has 1 atom stereocenters. The van der Waals surface area contributed by atoms with Crippen molar-refractivity contribution in [2.24, 2.45) is 0 Å². The number of carbonyl (C=O) groups is 2. The molecule has 2 aromatic rings. The van der Waals surface area contributed by atoms with Crippen LogP contribution in [0, 0.1) is 0 Å². The number of amides is 1. The monoisotopic (exact) mass is 283 g/mol. The third kappa shape index (κ3) is 4.45. The van der Waals surface area contributed by atoms with Gasteiger partial charge in [0.15, 0.2) is 0 Å². The Hall–Kier alpha value is -2.62. The van der Waals surface area contributed by atoms with Crippen molar-refractivity contribution in [3.05, 3.63) is 71.8 Å². The summed E-state index contributed by atoms with van der Waals surface area (Å²) in [5.41, 5.74) is 1.33. The van der Waals surface area contributed by atoms with Gasteiger partial charge in [0.2, 0.25) is 5.91 Å². The Labute approximate surface area is 123 Å². The molecule has 1 N–H and O–H groups in total. The summed E-state index contributed by atoms with van der Waals surface area (Å²) in [5, 5.41) is 2.68. The summed E-state index contributed by atoms with van der Waals surface area (Å²) >= 11 is 0. The predicted octanol–water partition coefficient (Wildman–Crippen LogP) is 2.72. The number of benzene rings is 2. The minimum atomic E-state index is -0.511. The zero-order chi connectivity index (χ0) is 15.1. The largest absolute Gasteiger partial charge is 0.452 e. The van der Waals surface area contributed by atoms with E-state index in [1.807, 2.05) is 36.4 Å². The number of rotatable bonds is 5. The lowest BCUT2D eigenvalue weighted by Gasteiger charge is -2.18. The van der Waals surface area contributed by atoms with Gasteiger partial charge in [0.1, 0.15) is 6.10 Å². The fraction of sp³-hybridized carbons (Fsp3) is 0.176. The summed E-state index contributed by atoms with van der Waals surface area (Å²) < 4.78 is 5.52. The Morgan fingerprint density at radius 2 is 1.57 bits per heavy atom. The van der Waals surface area contributed by atoms with E-state index in [-0.39, 0.29) is 12.5 Å². The highest BCUT2D eigenvalue weighted by atomic mass is 16.5. The molecule has 21 heavy (non-hydrogen) atoms. The van der Waals surface area contributed by atoms with Crippen molar-refractivity contribution in [1.29, 1.82) is 0 Å². The normalized spacial score (nSPS) is 11.5. The number of nitrogens with one attached hydrogen (secondary N) is 1. The standard InChI is InChI=1S/C17H17NO3/c1-13(19)18-12-16(14-8-4-2-5-9-14)21-17(20)15-10-6-3-7-11-15/h2-11,16H,12H2,1H3,(H,18,19)/t16-/m0/s1. The number of esters is 1. The summed E-state index contributed by atoms with van der Waals surface area (Å²) in [5.74, 6) is -0.568. The topological polar surface area (TPSA) is 55.4 Å². The number of hydrogen-bond acceptors (Lipinski definition) is 3. The van der Waals surface area contributed by atoms with Gasteiger partial charge in [0, 0.05) is 6.92 Å². The Kier molecular flexibility index (Phi) is 5.10. The SMILES string of the molecule is CC(=O)NC[C@H](OC(=O)c1ccccc1)c1ccccc1. The fourth-order valence-corrected chi connectivity index (χ4v) is 1.90. The van der Waals surface area contributed by atoms with Gasteiger partial charge in [0.05, 0.1) is 12.1 Å². The lowest BCUT2D eigenvalue weighted by Crippen LogP contribution is -2.28. The van der Waals surface area contributed by atoms with Crippen LogP contribution in [-0.4, -0.2) is 18.4 Å². The molecule has 0 aromatic heterocycles. The Bertz CT molecular complexity index is 596. The van der Waals surface area contributed by atoms with E-state index in [9.17, 15) is 9.59 Å². The van der Waals surface area contributed by atoms with Crippen LogP contribution in [0.25, 0.3) is 0 Å². The smallest absolute Gasteiger partial charge is 0.338 e. The van der Waals surface area contributed by atoms with Crippen LogP contribution in [0.3, 0.4) is 0 Å². The van der Waals surface area contributed by atoms with E-state index in [4.69, 9.17) is 4.74 Å². The molecule has 0 saturated heterocycles. The first kappa shape index (κ1) is 14.8. The molecule has 4 nitrogen and oxygen atoms in total. The van der Waals surface area contributed by atoms with Crippen molar-refractivity contribution in [3.8, 4) is 0 Å². The number of carbonyl (C=O) groups excluding carboxylic acids is 2. The van der Waals surface area contributed by atoms with Crippen molar-refractivity contribution < 1.29 is 14.3 Å². The van der Waals surface area contributed by atoms with Gasteiger partial charge in [-0.3, -0.25) is 4.79 Å². The van der Waals surface area contributed by atoms with Gasteiger partial charge < -0.3 is 10.1 Å². The molecule has 0 aliphatic rings. The molecular formula is C17H17NO3. The quantitative estimate of drug-likeness (QED) is 0.858. The van der Waals surface area contributed by atoms with E-state index in [1.165, 1.54) is 6.92 Å². The van der Waals surface area contributed by atoms with Crippen LogP contribution < -0.4 is 5.32 Å². The molecular weight excluding hydrogens is 266 g/mol. The Morgan fingerprint density at radius 1 is 1.00 bits per heavy atom. The van der Waals surface area contributed by atoms with E-state index in [0.717, 1.165) is 5.56 Å². The van der Waals surface area contributed by atoms with Crippen LogP contribution in [0.15, 0.2) is 60.7 Å². The lowest BCUT2D eigenvalue weighted by molar-refractivity contribution is -0.119. The summed E-state index contributed by atoms with van der Waals surface area (Å²) in [4.78, 5) is 23.2. The van der Waals surface area contributed by atoms with Gasteiger partial charge >= 0.3 is 5.97 Å². The minimum absolute atomic E-state index is 0.160. The molecule has 1 amide bonds. The van der Waals surface area contributed by atoms with Crippen LogP contribution in [0.4, 0.5) is 0 Å². The maximum atomic E-state index is 12.1. The zero-order valence-corrected chi connectivity index (χ0v) is 11.8. The summed E-state index contributed by atoms with van der Waals surface area (Å²) in [6, 6.07) is 18.1. The third-order valence-corrected chi connectivity index (χ3v) is 2.97. The highest BCUT2D eigenvalue weighted by Gasteiger charge is 2.18. The molecule has 0 aliphatic carbocycles. The summed E-state index contributed by atoms with van der Waals surface area (Å²) in [6.45, 7) is 1.68. The Balaban J connectivity index is 2.12. The van der Waals surface area contributed by atoms with Crippen LogP contribution in [0.1, 0.15) is 28.9 Å². The summed E-state index contributed by atoms with van der Waals surface area (Å²) in [6.07, 6.45) is -0.511. The lowest BCUT2D eigenvalue weighted by atomic mass is 10.1. The average Bonchev–Trinajstić information content (AvgIpc) is 2.52. The molecule has 0 unspecified atom stereocenters. The van der Waals surface area contributed by atoms with Crippen molar-refractivity contribution >= 4 is 11.9 Å². The van der Waals surface area contributed by atoms with Gasteiger partial charge in [-0.25, -0.2) is 4.79 Å². The van der Waals surface area contributed by atoms with E-state index < -0.39 is 12.1 Å². The number of hydrogen-bond donors (Lipinski definition) is 1. The van der Waals surface area contributed by atoms with Crippen LogP contribution in [-0.2, 0) is 9.53 Å². The van der Waals surface area contributed by atoms with Gasteiger partial charge in [-0.05, 0) is 17.7 Å². The highest BCUT2D eigenvalue weighted by molar-refractivity contribution is 5.89. The molecule has 2 aromatic carbocycles. The average molecular weight is 283 g/mol. The molecule has 0 heterocycles. The molecule has 2 rings (SSSR count). The summed E-state index contributed by atoms with van der Waals surface area (Å²) in [7, 11) is 0. The van der Waals surface area contributed by atoms with Crippen LogP contribution >= 0.6 is 0 Å². The van der Waals surface area contributed by atoms with E-state index >= 15 is 0 Å². The van der Waals surface area contributed by atoms with E-state index in [1.54, 1.807) is 24.3 Å². The predicted molar refractivity (Wildman–Crippen MR) is 79.7 cm³/mol. The van der Waals surface area contributed by atoms with E-state index in [0.29, 0.717) is 5.56 Å². The maximum Gasteiger partial charge on any atom is 0.338 e. The molecule has 108 valence electrons. The molecule has 0 fully saturated rings. The minimum Gasteiger partial charge on any atom is -0.452 e. The third-order valence-electron chi connectivity index (χ3n) is 2.97. The molecule has 0 radical (unpaired) electrons. The second-order valence-electron chi connectivity index (χ2n) is 4.61. The fourth-order valence-electron chi connectivity index (χ4n) is 1.90. The van der Waals surface area contributed by atoms with Gasteiger partial charge in [-0.15, -0.1) is 0 Å². The second kappa shape index (κ2) is 7.24. The van der Waals surface area contributed by atoms with Gasteiger partial charge in [-0.1, -0.05) is 48.5 Å².